The van der Waals surface area contributed by atoms with Gasteiger partial charge in [-0.1, -0.05) is 41.9 Å². The van der Waals surface area contributed by atoms with Crippen molar-refractivity contribution in [2.45, 2.75) is 19.3 Å². The van der Waals surface area contributed by atoms with Crippen LogP contribution in [0.2, 0.25) is 5.02 Å². The maximum Gasteiger partial charge on any atom is 0.270 e. The van der Waals surface area contributed by atoms with Crippen LogP contribution in [0.15, 0.2) is 48.5 Å². The number of non-ortho nitro benzene ring substituents is 1. The van der Waals surface area contributed by atoms with Crippen molar-refractivity contribution in [3.05, 3.63) is 74.8 Å². The van der Waals surface area contributed by atoms with E-state index in [2.05, 4.69) is 29.2 Å². The molecule has 0 radical (unpaired) electrons. The Hall–Kier alpha value is -2.44. The summed E-state index contributed by atoms with van der Waals surface area (Å²) < 4.78 is 0. The number of aryl methyl sites for hydroxylation is 1. The molecule has 3 rings (SSSR count). The Balaban J connectivity index is 1.53. The minimum Gasteiger partial charge on any atom is -0.337 e. The molecule has 0 bridgehead atoms. The van der Waals surface area contributed by atoms with Gasteiger partial charge in [0.2, 0.25) is 0 Å². The van der Waals surface area contributed by atoms with Crippen LogP contribution in [0.4, 0.5) is 5.69 Å². The molecule has 2 aromatic carbocycles. The lowest BCUT2D eigenvalue weighted by molar-refractivity contribution is -0.384. The van der Waals surface area contributed by atoms with Gasteiger partial charge in [0.15, 0.2) is 0 Å². The molecule has 1 aliphatic rings. The van der Waals surface area contributed by atoms with Gasteiger partial charge < -0.3 is 9.80 Å². The number of hydrogen-bond acceptors (Lipinski definition) is 4. The fraction of sp³-hybridized carbons (Fsp3) is 0.381. The van der Waals surface area contributed by atoms with Crippen molar-refractivity contribution in [1.29, 1.82) is 0 Å². The van der Waals surface area contributed by atoms with E-state index in [-0.39, 0.29) is 16.6 Å². The highest BCUT2D eigenvalue weighted by atomic mass is 35.5. The third kappa shape index (κ3) is 5.30. The van der Waals surface area contributed by atoms with Crippen molar-refractivity contribution in [3.63, 3.8) is 0 Å². The van der Waals surface area contributed by atoms with Gasteiger partial charge in [-0.25, -0.2) is 0 Å². The zero-order valence-corrected chi connectivity index (χ0v) is 16.5. The Labute approximate surface area is 169 Å². The topological polar surface area (TPSA) is 66.7 Å². The van der Waals surface area contributed by atoms with Crippen molar-refractivity contribution in [2.24, 2.45) is 0 Å². The monoisotopic (exact) mass is 401 g/mol. The van der Waals surface area contributed by atoms with Crippen LogP contribution in [0, 0.1) is 10.1 Å². The van der Waals surface area contributed by atoms with Crippen LogP contribution in [-0.4, -0.2) is 53.4 Å². The standard InChI is InChI=1S/C21H24ClN3O3/c22-20-16-18(25(27)28)9-10-19(20)21(26)24-13-5-12-23(14-15-24)11-4-8-17-6-2-1-3-7-17/h1-3,6-7,9-10,16H,4-5,8,11-15H2. The fourth-order valence-electron chi connectivity index (χ4n) is 3.51. The van der Waals surface area contributed by atoms with Crippen LogP contribution in [0.1, 0.15) is 28.8 Å². The van der Waals surface area contributed by atoms with Gasteiger partial charge in [0, 0.05) is 31.8 Å². The van der Waals surface area contributed by atoms with E-state index in [1.807, 2.05) is 6.07 Å². The van der Waals surface area contributed by atoms with E-state index in [1.165, 1.54) is 23.8 Å². The highest BCUT2D eigenvalue weighted by molar-refractivity contribution is 6.34. The van der Waals surface area contributed by atoms with Gasteiger partial charge in [-0.15, -0.1) is 0 Å². The number of hydrogen-bond donors (Lipinski definition) is 0. The molecular weight excluding hydrogens is 378 g/mol. The van der Waals surface area contributed by atoms with Gasteiger partial charge >= 0.3 is 0 Å². The Morgan fingerprint density at radius 3 is 2.57 bits per heavy atom. The lowest BCUT2D eigenvalue weighted by atomic mass is 10.1. The van der Waals surface area contributed by atoms with Crippen molar-refractivity contribution in [3.8, 4) is 0 Å². The summed E-state index contributed by atoms with van der Waals surface area (Å²) in [6.07, 6.45) is 3.05. The smallest absolute Gasteiger partial charge is 0.270 e. The summed E-state index contributed by atoms with van der Waals surface area (Å²) >= 11 is 6.12. The van der Waals surface area contributed by atoms with E-state index >= 15 is 0 Å². The maximum atomic E-state index is 12.8. The molecule has 0 atom stereocenters. The molecule has 0 saturated carbocycles. The number of nitro benzene ring substituents is 1. The van der Waals surface area contributed by atoms with Crippen molar-refractivity contribution in [1.82, 2.24) is 9.80 Å². The zero-order valence-electron chi connectivity index (χ0n) is 15.7. The van der Waals surface area contributed by atoms with E-state index in [0.717, 1.165) is 38.9 Å². The van der Waals surface area contributed by atoms with Crippen LogP contribution >= 0.6 is 11.6 Å². The Morgan fingerprint density at radius 1 is 1.07 bits per heavy atom. The van der Waals surface area contributed by atoms with Gasteiger partial charge in [-0.2, -0.15) is 0 Å². The molecule has 1 aliphatic heterocycles. The van der Waals surface area contributed by atoms with Crippen LogP contribution in [-0.2, 0) is 6.42 Å². The van der Waals surface area contributed by atoms with E-state index in [1.54, 1.807) is 4.90 Å². The molecule has 1 heterocycles. The first-order valence-corrected chi connectivity index (χ1v) is 9.92. The average molecular weight is 402 g/mol. The number of amides is 1. The Kier molecular flexibility index (Phi) is 7.01. The van der Waals surface area contributed by atoms with Crippen LogP contribution in [0.3, 0.4) is 0 Å². The minimum atomic E-state index is -0.514. The second-order valence-electron chi connectivity index (χ2n) is 7.00. The molecule has 1 fully saturated rings. The largest absolute Gasteiger partial charge is 0.337 e. The molecule has 0 spiro atoms. The molecule has 1 saturated heterocycles. The summed E-state index contributed by atoms with van der Waals surface area (Å²) in [5.41, 5.74) is 1.56. The van der Waals surface area contributed by atoms with Gasteiger partial charge in [-0.05, 0) is 44.0 Å². The van der Waals surface area contributed by atoms with Crippen LogP contribution in [0.5, 0.6) is 0 Å². The number of rotatable bonds is 6. The first-order chi connectivity index (χ1) is 13.5. The molecule has 0 aliphatic carbocycles. The molecule has 6 nitrogen and oxygen atoms in total. The average Bonchev–Trinajstić information content (AvgIpc) is 2.94. The molecule has 0 N–H and O–H groups in total. The van der Waals surface area contributed by atoms with Crippen LogP contribution in [0.25, 0.3) is 0 Å². The quantitative estimate of drug-likeness (QED) is 0.541. The van der Waals surface area contributed by atoms with E-state index < -0.39 is 4.92 Å². The van der Waals surface area contributed by atoms with E-state index in [9.17, 15) is 14.9 Å². The van der Waals surface area contributed by atoms with Gasteiger partial charge in [0.05, 0.1) is 15.5 Å². The Morgan fingerprint density at radius 2 is 1.86 bits per heavy atom. The highest BCUT2D eigenvalue weighted by Crippen LogP contribution is 2.24. The first kappa shape index (κ1) is 20.3. The van der Waals surface area contributed by atoms with Gasteiger partial charge in [0.1, 0.15) is 0 Å². The first-order valence-electron chi connectivity index (χ1n) is 9.54. The predicted octanol–water partition coefficient (Wildman–Crippen LogP) is 4.03. The number of halogens is 1. The van der Waals surface area contributed by atoms with E-state index in [0.29, 0.717) is 18.7 Å². The zero-order chi connectivity index (χ0) is 19.9. The fourth-order valence-corrected chi connectivity index (χ4v) is 3.77. The number of benzene rings is 2. The normalized spacial score (nSPS) is 15.2. The molecule has 1 amide bonds. The summed E-state index contributed by atoms with van der Waals surface area (Å²) in [5.74, 6) is -0.161. The van der Waals surface area contributed by atoms with Crippen molar-refractivity contribution >= 4 is 23.2 Å². The molecule has 0 unspecified atom stereocenters. The lowest BCUT2D eigenvalue weighted by Crippen LogP contribution is -2.35. The van der Waals surface area contributed by atoms with E-state index in [4.69, 9.17) is 11.6 Å². The summed E-state index contributed by atoms with van der Waals surface area (Å²) in [7, 11) is 0. The third-order valence-electron chi connectivity index (χ3n) is 5.05. The predicted molar refractivity (Wildman–Crippen MR) is 110 cm³/mol. The lowest BCUT2D eigenvalue weighted by Gasteiger charge is -2.22. The minimum absolute atomic E-state index is 0.109. The maximum absolute atomic E-state index is 12.8. The SMILES string of the molecule is O=C(c1ccc([N+](=O)[O-])cc1Cl)N1CCCN(CCCc2ccccc2)CC1. The number of carbonyl (C=O) groups excluding carboxylic acids is 1. The summed E-state index contributed by atoms with van der Waals surface area (Å²) in [6, 6.07) is 14.5. The number of carbonyl (C=O) groups is 1. The highest BCUT2D eigenvalue weighted by Gasteiger charge is 2.23. The third-order valence-corrected chi connectivity index (χ3v) is 5.36. The summed E-state index contributed by atoms with van der Waals surface area (Å²) in [5, 5.41) is 11.0. The van der Waals surface area contributed by atoms with Crippen molar-refractivity contribution < 1.29 is 9.72 Å². The molecule has 7 heteroatoms. The molecule has 0 aromatic heterocycles. The van der Waals surface area contributed by atoms with Gasteiger partial charge in [0.25, 0.3) is 11.6 Å². The number of nitro groups is 1. The molecular formula is C21H24ClN3O3. The molecule has 148 valence electrons. The second-order valence-corrected chi connectivity index (χ2v) is 7.41. The van der Waals surface area contributed by atoms with Crippen LogP contribution < -0.4 is 0 Å². The summed E-state index contributed by atoms with van der Waals surface area (Å²) in [4.78, 5) is 27.3. The summed E-state index contributed by atoms with van der Waals surface area (Å²) in [6.45, 7) is 4.10. The molecule has 28 heavy (non-hydrogen) atoms. The molecule has 2 aromatic rings. The number of nitrogens with zero attached hydrogens (tertiary/aromatic N) is 3. The van der Waals surface area contributed by atoms with Crippen molar-refractivity contribution in [2.75, 3.05) is 32.7 Å². The Bertz CT molecular complexity index is 829. The second kappa shape index (κ2) is 9.66. The van der Waals surface area contributed by atoms with Gasteiger partial charge in [-0.3, -0.25) is 14.9 Å².